The Morgan fingerprint density at radius 1 is 1.04 bits per heavy atom. The van der Waals surface area contributed by atoms with Gasteiger partial charge in [0, 0.05) is 36.8 Å². The quantitative estimate of drug-likeness (QED) is 0.531. The summed E-state index contributed by atoms with van der Waals surface area (Å²) in [6.45, 7) is 4.26. The van der Waals surface area contributed by atoms with Gasteiger partial charge in [0.1, 0.15) is 5.01 Å². The highest BCUT2D eigenvalue weighted by atomic mass is 32.1. The summed E-state index contributed by atoms with van der Waals surface area (Å²) in [5.41, 5.74) is 6.73. The molecule has 0 N–H and O–H groups in total. The van der Waals surface area contributed by atoms with Crippen LogP contribution in [0.15, 0.2) is 42.9 Å². The lowest BCUT2D eigenvalue weighted by molar-refractivity contribution is 0.770. The fourth-order valence-electron chi connectivity index (χ4n) is 2.79. The summed E-state index contributed by atoms with van der Waals surface area (Å²) in [5.74, 6) is 0. The van der Waals surface area contributed by atoms with Gasteiger partial charge in [-0.1, -0.05) is 0 Å². The summed E-state index contributed by atoms with van der Waals surface area (Å²) in [7, 11) is 1.94. The zero-order chi connectivity index (χ0) is 17.4. The molecular formula is C20H18N4S. The molecule has 4 aromatic rings. The van der Waals surface area contributed by atoms with Gasteiger partial charge in [-0.05, 0) is 61.4 Å². The molecule has 0 saturated carbocycles. The molecular weight excluding hydrogens is 328 g/mol. The van der Waals surface area contributed by atoms with Gasteiger partial charge in [0.15, 0.2) is 0 Å². The van der Waals surface area contributed by atoms with Crippen LogP contribution in [-0.4, -0.2) is 19.7 Å². The fraction of sp³-hybridized carbons (Fsp3) is 0.150. The Hall–Kier alpha value is -2.79. The highest BCUT2D eigenvalue weighted by Gasteiger charge is 2.08. The van der Waals surface area contributed by atoms with E-state index in [1.165, 1.54) is 15.8 Å². The number of hydrogen-bond acceptors (Lipinski definition) is 4. The van der Waals surface area contributed by atoms with Crippen LogP contribution < -0.4 is 0 Å². The Morgan fingerprint density at radius 2 is 1.80 bits per heavy atom. The van der Waals surface area contributed by atoms with Crippen molar-refractivity contribution < 1.29 is 0 Å². The highest BCUT2D eigenvalue weighted by molar-refractivity contribution is 7.19. The van der Waals surface area contributed by atoms with E-state index in [1.54, 1.807) is 23.7 Å². The van der Waals surface area contributed by atoms with Crippen molar-refractivity contribution in [1.29, 1.82) is 0 Å². The average molecular weight is 346 g/mol. The van der Waals surface area contributed by atoms with E-state index in [4.69, 9.17) is 4.98 Å². The molecule has 3 heterocycles. The molecule has 0 aliphatic rings. The van der Waals surface area contributed by atoms with Crippen LogP contribution >= 0.6 is 11.3 Å². The first-order valence-corrected chi connectivity index (χ1v) is 8.92. The number of fused-ring (bicyclic) bond motifs is 1. The summed E-state index contributed by atoms with van der Waals surface area (Å²) in [6.07, 6.45) is 9.75. The SMILES string of the molecule is Cc1cc2nc(/C=C/c3cn(C)nc3-c3ccncc3)sc2cc1C. The maximum atomic E-state index is 4.73. The molecule has 0 fully saturated rings. The van der Waals surface area contributed by atoms with Crippen LogP contribution in [0, 0.1) is 13.8 Å². The van der Waals surface area contributed by atoms with E-state index in [0.717, 1.165) is 27.3 Å². The van der Waals surface area contributed by atoms with Crippen molar-refractivity contribution in [2.45, 2.75) is 13.8 Å². The molecule has 0 aliphatic heterocycles. The summed E-state index contributed by atoms with van der Waals surface area (Å²) in [6, 6.07) is 8.32. The minimum atomic E-state index is 0.953. The van der Waals surface area contributed by atoms with Crippen molar-refractivity contribution in [3.8, 4) is 11.3 Å². The van der Waals surface area contributed by atoms with Gasteiger partial charge in [-0.3, -0.25) is 9.67 Å². The van der Waals surface area contributed by atoms with Crippen molar-refractivity contribution >= 4 is 33.7 Å². The third kappa shape index (κ3) is 3.10. The molecule has 4 nitrogen and oxygen atoms in total. The molecule has 124 valence electrons. The van der Waals surface area contributed by atoms with E-state index in [0.29, 0.717) is 0 Å². The van der Waals surface area contributed by atoms with Crippen LogP contribution in [0.4, 0.5) is 0 Å². The van der Waals surface area contributed by atoms with Crippen molar-refractivity contribution in [2.75, 3.05) is 0 Å². The molecule has 25 heavy (non-hydrogen) atoms. The summed E-state index contributed by atoms with van der Waals surface area (Å²) < 4.78 is 3.06. The summed E-state index contributed by atoms with van der Waals surface area (Å²) >= 11 is 1.71. The Balaban J connectivity index is 1.71. The maximum Gasteiger partial charge on any atom is 0.117 e. The molecule has 0 radical (unpaired) electrons. The lowest BCUT2D eigenvalue weighted by Crippen LogP contribution is -1.87. The van der Waals surface area contributed by atoms with E-state index in [9.17, 15) is 0 Å². The molecule has 1 aromatic carbocycles. The second-order valence-corrected chi connectivity index (χ2v) is 7.19. The second-order valence-electron chi connectivity index (χ2n) is 6.13. The average Bonchev–Trinajstić information content (AvgIpc) is 3.17. The largest absolute Gasteiger partial charge is 0.275 e. The minimum absolute atomic E-state index is 0.953. The molecule has 0 bridgehead atoms. The maximum absolute atomic E-state index is 4.73. The van der Waals surface area contributed by atoms with Crippen LogP contribution in [0.2, 0.25) is 0 Å². The Labute approximate surface area is 150 Å². The number of aryl methyl sites for hydroxylation is 3. The molecule has 4 rings (SSSR count). The highest BCUT2D eigenvalue weighted by Crippen LogP contribution is 2.28. The van der Waals surface area contributed by atoms with Crippen LogP contribution in [-0.2, 0) is 7.05 Å². The monoisotopic (exact) mass is 346 g/mol. The zero-order valence-electron chi connectivity index (χ0n) is 14.4. The van der Waals surface area contributed by atoms with Crippen LogP contribution in [0.25, 0.3) is 33.6 Å². The second kappa shape index (κ2) is 6.26. The molecule has 0 saturated heterocycles. The predicted octanol–water partition coefficient (Wildman–Crippen LogP) is 4.88. The normalized spacial score (nSPS) is 11.6. The lowest BCUT2D eigenvalue weighted by atomic mass is 10.1. The number of nitrogens with zero attached hydrogens (tertiary/aromatic N) is 4. The molecule has 5 heteroatoms. The standard InChI is InChI=1S/C20H18N4S/c1-13-10-17-18(11-14(13)2)25-19(22-17)5-4-16-12-24(3)23-20(16)15-6-8-21-9-7-15/h4-12H,1-3H3/b5-4+. The number of hydrogen-bond donors (Lipinski definition) is 0. The van der Waals surface area contributed by atoms with E-state index >= 15 is 0 Å². The molecule has 0 spiro atoms. The van der Waals surface area contributed by atoms with Crippen molar-refractivity contribution in [2.24, 2.45) is 7.05 Å². The smallest absolute Gasteiger partial charge is 0.117 e. The van der Waals surface area contributed by atoms with Crippen LogP contribution in [0.5, 0.6) is 0 Å². The third-order valence-electron chi connectivity index (χ3n) is 4.24. The van der Waals surface area contributed by atoms with Gasteiger partial charge in [0.2, 0.25) is 0 Å². The Morgan fingerprint density at radius 3 is 2.60 bits per heavy atom. The predicted molar refractivity (Wildman–Crippen MR) is 104 cm³/mol. The Bertz CT molecular complexity index is 1030. The van der Waals surface area contributed by atoms with E-state index in [-0.39, 0.29) is 0 Å². The van der Waals surface area contributed by atoms with E-state index < -0.39 is 0 Å². The van der Waals surface area contributed by atoms with Gasteiger partial charge < -0.3 is 0 Å². The molecule has 0 unspecified atom stereocenters. The number of benzene rings is 1. The zero-order valence-corrected chi connectivity index (χ0v) is 15.2. The fourth-order valence-corrected chi connectivity index (χ4v) is 3.74. The molecule has 3 aromatic heterocycles. The Kier molecular flexibility index (Phi) is 3.93. The first-order valence-electron chi connectivity index (χ1n) is 8.10. The van der Waals surface area contributed by atoms with Crippen molar-refractivity contribution in [1.82, 2.24) is 19.7 Å². The van der Waals surface area contributed by atoms with E-state index in [2.05, 4.69) is 48.2 Å². The first kappa shape index (κ1) is 15.7. The van der Waals surface area contributed by atoms with Gasteiger partial charge in [-0.15, -0.1) is 11.3 Å². The number of pyridine rings is 1. The van der Waals surface area contributed by atoms with Gasteiger partial charge in [0.05, 0.1) is 15.9 Å². The summed E-state index contributed by atoms with van der Waals surface area (Å²) in [5, 5.41) is 5.58. The van der Waals surface area contributed by atoms with Crippen molar-refractivity contribution in [3.63, 3.8) is 0 Å². The minimum Gasteiger partial charge on any atom is -0.275 e. The van der Waals surface area contributed by atoms with Gasteiger partial charge >= 0.3 is 0 Å². The third-order valence-corrected chi connectivity index (χ3v) is 5.22. The molecule has 0 amide bonds. The number of aromatic nitrogens is 4. The van der Waals surface area contributed by atoms with Crippen LogP contribution in [0.3, 0.4) is 0 Å². The number of thiazole rings is 1. The van der Waals surface area contributed by atoms with Crippen LogP contribution in [0.1, 0.15) is 21.7 Å². The number of rotatable bonds is 3. The lowest BCUT2D eigenvalue weighted by Gasteiger charge is -1.97. The van der Waals surface area contributed by atoms with E-state index in [1.807, 2.05) is 30.1 Å². The summed E-state index contributed by atoms with van der Waals surface area (Å²) in [4.78, 5) is 8.81. The first-order chi connectivity index (χ1) is 12.1. The molecule has 0 aliphatic carbocycles. The van der Waals surface area contributed by atoms with Gasteiger partial charge in [-0.25, -0.2) is 4.98 Å². The van der Waals surface area contributed by atoms with Crippen molar-refractivity contribution in [3.05, 3.63) is 64.6 Å². The molecule has 0 atom stereocenters. The topological polar surface area (TPSA) is 43.6 Å². The van der Waals surface area contributed by atoms with Gasteiger partial charge in [-0.2, -0.15) is 5.10 Å². The van der Waals surface area contributed by atoms with Gasteiger partial charge in [0.25, 0.3) is 0 Å².